The van der Waals surface area contributed by atoms with E-state index in [2.05, 4.69) is 47.5 Å². The van der Waals surface area contributed by atoms with Gasteiger partial charge in [0.25, 0.3) is 0 Å². The zero-order valence-corrected chi connectivity index (χ0v) is 67.1. The molecule has 1 aliphatic heterocycles. The van der Waals surface area contributed by atoms with Crippen molar-refractivity contribution >= 4 is 109 Å². The number of carboxylic acid groups (broad SMARTS) is 1. The first-order chi connectivity index (χ1) is 52.9. The Hall–Kier alpha value is -9.43. The Morgan fingerprint density at radius 1 is 0.589 bits per heavy atom. The number of aromatic hydroxyl groups is 1. The number of aliphatic hydroxyl groups excluding tert-OH is 4. The zero-order valence-electron chi connectivity index (χ0n) is 65.5. The highest BCUT2D eigenvalue weighted by Crippen LogP contribution is 2.39. The summed E-state index contributed by atoms with van der Waals surface area (Å²) in [5, 5.41) is 86.3. The molecule has 610 valence electrons. The number of ketones is 2. The summed E-state index contributed by atoms with van der Waals surface area (Å²) in [7, 11) is 1.71. The van der Waals surface area contributed by atoms with Crippen LogP contribution in [-0.4, -0.2) is 203 Å². The van der Waals surface area contributed by atoms with Crippen molar-refractivity contribution in [2.75, 3.05) is 24.6 Å². The molecule has 29 nitrogen and oxygen atoms in total. The summed E-state index contributed by atoms with van der Waals surface area (Å²) < 4.78 is 0. The summed E-state index contributed by atoms with van der Waals surface area (Å²) >= 11 is 0. The van der Waals surface area contributed by atoms with Crippen molar-refractivity contribution in [3.63, 3.8) is 0 Å². The lowest BCUT2D eigenvalue weighted by Gasteiger charge is -2.30. The van der Waals surface area contributed by atoms with Crippen LogP contribution in [0.25, 0.3) is 10.9 Å². The summed E-state index contributed by atoms with van der Waals surface area (Å²) in [4.78, 5) is 172. The molecule has 0 unspecified atom stereocenters. The molecule has 1 saturated heterocycles. The number of para-hydroxylation sites is 1. The number of amides is 8. The lowest BCUT2D eigenvalue weighted by Crippen LogP contribution is -2.62. The molecule has 0 spiro atoms. The number of nitrogens with two attached hydrogens (primary N) is 1. The number of nitrogens with zero attached hydrogens (tertiary/aromatic N) is 2. The van der Waals surface area contributed by atoms with E-state index in [4.69, 9.17) is 15.7 Å². The number of aliphatic imine (C=N–C) groups is 2. The summed E-state index contributed by atoms with van der Waals surface area (Å²) in [6, 6.07) is 6.98. The molecule has 3 aliphatic rings. The third kappa shape index (κ3) is 27.2. The number of phenolic OH excluding ortho intramolecular Hbond substituents is 1. The maximum atomic E-state index is 15.4. The number of carboxylic acids is 1. The fraction of sp³-hybridized carbons (Fsp3) is 0.543. The molecule has 0 bridgehead atoms. The van der Waals surface area contributed by atoms with E-state index in [0.717, 1.165) is 28.5 Å². The molecular formula is C81H112N12O17S2. The number of aromatic amines is 1. The van der Waals surface area contributed by atoms with E-state index in [1.165, 1.54) is 31.2 Å². The number of aliphatic hydroxyl groups is 4. The van der Waals surface area contributed by atoms with Crippen LogP contribution in [0.2, 0.25) is 0 Å². The largest absolute Gasteiger partial charge is 0.511 e. The van der Waals surface area contributed by atoms with E-state index in [9.17, 15) is 64.2 Å². The van der Waals surface area contributed by atoms with Crippen LogP contribution in [0.3, 0.4) is 0 Å². The Kier molecular flexibility index (Phi) is 33.6. The molecular weight excluding hydrogens is 1480 g/mol. The number of carbonyl (C=O) groups excluding carboxylic acids is 10. The van der Waals surface area contributed by atoms with Crippen molar-refractivity contribution in [3.05, 3.63) is 124 Å². The predicted octanol–water partition coefficient (Wildman–Crippen LogP) is 6.07. The van der Waals surface area contributed by atoms with Gasteiger partial charge in [0, 0.05) is 98.1 Å². The van der Waals surface area contributed by atoms with Gasteiger partial charge in [0.2, 0.25) is 47.3 Å². The number of aromatic nitrogens is 1. The van der Waals surface area contributed by atoms with Crippen molar-refractivity contribution in [2.45, 2.75) is 232 Å². The highest BCUT2D eigenvalue weighted by molar-refractivity contribution is 8.76. The molecule has 1 aromatic heterocycles. The molecule has 2 heterocycles. The van der Waals surface area contributed by atoms with Crippen LogP contribution in [0.4, 0.5) is 0 Å². The second kappa shape index (κ2) is 41.9. The van der Waals surface area contributed by atoms with Crippen LogP contribution in [0, 0.1) is 22.7 Å². The minimum Gasteiger partial charge on any atom is -0.511 e. The zero-order chi connectivity index (χ0) is 82.3. The number of allylic oxidation sites excluding steroid dienone is 4. The van der Waals surface area contributed by atoms with Crippen LogP contribution >= 0.6 is 21.6 Å². The molecule has 17 N–H and O–H groups in total. The number of carbonyl (C=O) groups is 11. The molecule has 3 aromatic carbocycles. The van der Waals surface area contributed by atoms with E-state index < -0.39 is 142 Å². The molecule has 31 heteroatoms. The molecule has 4 aromatic rings. The second-order valence-electron chi connectivity index (χ2n) is 31.8. The number of H-pyrrole nitrogens is 1. The van der Waals surface area contributed by atoms with Gasteiger partial charge >= 0.3 is 5.97 Å². The fourth-order valence-corrected chi connectivity index (χ4v) is 16.0. The van der Waals surface area contributed by atoms with E-state index >= 15 is 19.2 Å². The maximum Gasteiger partial charge on any atom is 0.328 e. The third-order valence-electron chi connectivity index (χ3n) is 19.5. The van der Waals surface area contributed by atoms with Gasteiger partial charge in [-0.3, -0.25) is 57.9 Å². The van der Waals surface area contributed by atoms with Gasteiger partial charge in [0.1, 0.15) is 59.6 Å². The molecule has 8 amide bonds. The van der Waals surface area contributed by atoms with E-state index in [0.29, 0.717) is 71.1 Å². The van der Waals surface area contributed by atoms with Crippen LogP contribution in [-0.2, 0) is 72.0 Å². The monoisotopic (exact) mass is 1590 g/mol. The quantitative estimate of drug-likeness (QED) is 0.0154. The number of phenols is 1. The lowest BCUT2D eigenvalue weighted by atomic mass is 9.75. The molecule has 11 atom stereocenters. The van der Waals surface area contributed by atoms with Gasteiger partial charge in [-0.1, -0.05) is 138 Å². The number of aliphatic carboxylic acids is 1. The van der Waals surface area contributed by atoms with Crippen LogP contribution in [0.15, 0.2) is 118 Å². The van der Waals surface area contributed by atoms with Crippen molar-refractivity contribution in [2.24, 2.45) is 38.4 Å². The van der Waals surface area contributed by atoms with Crippen molar-refractivity contribution in [1.82, 2.24) is 47.5 Å². The standard InChI is InChI=1S/C81H112N12O17S2/c1-44(2)32-56(67-63(97)37-80(7,8)38-64(67)98)83-30-18-16-23-53(82)71(101)87-58(34-48-20-12-11-13-21-48)74(104)90-61-42-111-112-43-62(77(107)93-70(47(6)95)79(109)110)91-78(108)69(46(5)94)92-72(102)55(25-17-19-31-84-57(33-45(3)4)68-65(99)39-81(9,10)40-66(68)100)86-75(105)60(36-50-41-85-54-24-15-14-22-52(50)54)89-73(103)59(88-76(61)106)35-49-26-28-51(96)29-27-49/h11-15,20-22,24,26-29,41,44-47,53,55,58-62,69-70,85,94-97,99H,16-19,23,25,30-40,42-43,82H2,1-10H3,(H,86,105)(H,87,101)(H,88,106)(H,89,103)(H,90,104)(H,91,108)(H,92,102)(H,93,107)(H,109,110)/t46-,47-,53+,55+,58-,59+,60+,61+,62+,69+,70+/m1/s1. The Bertz CT molecular complexity index is 4130. The number of Topliss-reactive ketones (excluding diaryl/α,β-unsaturated/α-hetero) is 2. The van der Waals surface area contributed by atoms with Gasteiger partial charge in [-0.05, 0) is 123 Å². The van der Waals surface area contributed by atoms with Gasteiger partial charge in [0.05, 0.1) is 29.4 Å². The Morgan fingerprint density at radius 3 is 1.69 bits per heavy atom. The predicted molar refractivity (Wildman–Crippen MR) is 430 cm³/mol. The average Bonchev–Trinajstić information content (AvgIpc) is 0.947. The van der Waals surface area contributed by atoms with Gasteiger partial charge in [-0.25, -0.2) is 4.79 Å². The molecule has 2 aliphatic carbocycles. The third-order valence-corrected chi connectivity index (χ3v) is 21.9. The SMILES string of the molecule is CC(C)CC(=NCCCC[C@@H]1NC(=O)[C@H](Cc2c[nH]c3ccccc23)NC(=O)[C@H](Cc2ccc(O)cc2)NC(=O)[C@@H](NC(=O)[C@@H](Cc2ccccc2)NC(=O)[C@@H](N)CCCCN=C(CC(C)C)C2=C(O)CC(C)(C)CC2=O)CSSC[C@@H](C(=O)N[C@H](C(=O)O)[C@@H](C)O)NC(=O)[C@H]([C@@H](C)O)NC1=O)C1=C(O)CC(C)(C)CC1=O. The van der Waals surface area contributed by atoms with E-state index in [1.807, 2.05) is 55.4 Å². The fourth-order valence-electron chi connectivity index (χ4n) is 13.7. The molecule has 0 radical (unpaired) electrons. The summed E-state index contributed by atoms with van der Waals surface area (Å²) in [6.45, 7) is 18.1. The molecule has 0 saturated carbocycles. The van der Waals surface area contributed by atoms with Crippen molar-refractivity contribution < 1.29 is 83.4 Å². The smallest absolute Gasteiger partial charge is 0.328 e. The highest BCUT2D eigenvalue weighted by Gasteiger charge is 2.41. The van der Waals surface area contributed by atoms with Crippen LogP contribution < -0.4 is 48.3 Å². The molecule has 112 heavy (non-hydrogen) atoms. The summed E-state index contributed by atoms with van der Waals surface area (Å²) in [6.07, 6.45) is 0.609. The highest BCUT2D eigenvalue weighted by atomic mass is 33.1. The molecule has 7 rings (SSSR count). The minimum atomic E-state index is -1.91. The maximum absolute atomic E-state index is 15.4. The number of benzene rings is 3. The first kappa shape index (κ1) is 89.8. The van der Waals surface area contributed by atoms with Crippen LogP contribution in [0.1, 0.15) is 163 Å². The normalized spacial score (nSPS) is 22.2. The number of hydrogen-bond acceptors (Lipinski definition) is 21. The average molecular weight is 1590 g/mol. The summed E-state index contributed by atoms with van der Waals surface area (Å²) in [5.41, 5.74) is 9.23. The first-order valence-electron chi connectivity index (χ1n) is 38.3. The van der Waals surface area contributed by atoms with E-state index in [-0.39, 0.29) is 129 Å². The van der Waals surface area contributed by atoms with Gasteiger partial charge < -0.3 is 83.9 Å². The number of fused-ring (bicyclic) bond motifs is 1. The first-order valence-corrected chi connectivity index (χ1v) is 40.7. The molecule has 1 fully saturated rings. The number of unbranched alkanes of at least 4 members (excludes halogenated alkanes) is 2. The van der Waals surface area contributed by atoms with Crippen LogP contribution in [0.5, 0.6) is 5.75 Å². The number of rotatable bonds is 31. The minimum absolute atomic E-state index is 0.0121. The van der Waals surface area contributed by atoms with Crippen molar-refractivity contribution in [3.8, 4) is 5.75 Å². The number of hydrogen-bond donors (Lipinski definition) is 16. The van der Waals surface area contributed by atoms with Gasteiger partial charge in [-0.2, -0.15) is 0 Å². The lowest BCUT2D eigenvalue weighted by molar-refractivity contribution is -0.145. The Labute approximate surface area is 661 Å². The van der Waals surface area contributed by atoms with Gasteiger partial charge in [0.15, 0.2) is 17.6 Å². The Balaban J connectivity index is 1.25. The Morgan fingerprint density at radius 2 is 1.12 bits per heavy atom. The van der Waals surface area contributed by atoms with Gasteiger partial charge in [-0.15, -0.1) is 0 Å². The summed E-state index contributed by atoms with van der Waals surface area (Å²) in [5.74, 6) is -10.7. The second-order valence-corrected chi connectivity index (χ2v) is 34.4. The number of nitrogens with one attached hydrogen (secondary N) is 9. The topological polar surface area (TPSA) is 472 Å². The van der Waals surface area contributed by atoms with E-state index in [1.54, 1.807) is 60.8 Å². The van der Waals surface area contributed by atoms with Crippen molar-refractivity contribution in [1.29, 1.82) is 0 Å².